The number of nitrogens with zero attached hydrogens (tertiary/aromatic N) is 2. The molecule has 0 aromatic heterocycles. The second kappa shape index (κ2) is 11.8. The zero-order valence-corrected chi connectivity index (χ0v) is 16.9. The smallest absolute Gasteiger partial charge is 0.377 e. The van der Waals surface area contributed by atoms with Crippen molar-refractivity contribution in [2.24, 2.45) is 0 Å². The minimum atomic E-state index is -2.35. The summed E-state index contributed by atoms with van der Waals surface area (Å²) >= 11 is 0. The summed E-state index contributed by atoms with van der Waals surface area (Å²) < 4.78 is 16.3. The topological polar surface area (TPSA) is 34.2 Å². The molecule has 0 spiro atoms. The van der Waals surface area contributed by atoms with E-state index in [9.17, 15) is 0 Å². The predicted octanol–water partition coefficient (Wildman–Crippen LogP) is 1.95. The minimum Gasteiger partial charge on any atom is -0.377 e. The Labute approximate surface area is 135 Å². The third-order valence-corrected chi connectivity index (χ3v) is 8.52. The Balaban J connectivity index is 3.73. The van der Waals surface area contributed by atoms with Crippen molar-refractivity contribution < 1.29 is 13.3 Å². The first-order chi connectivity index (χ1) is 9.92. The Hall–Kier alpha value is 0.234. The van der Waals surface area contributed by atoms with Gasteiger partial charge < -0.3 is 13.3 Å². The quantitative estimate of drug-likeness (QED) is 0.292. The number of hydrogen-bond acceptors (Lipinski definition) is 5. The largest absolute Gasteiger partial charge is 0.500 e. The van der Waals surface area contributed by atoms with Gasteiger partial charge in [-0.3, -0.25) is 9.80 Å². The second-order valence-electron chi connectivity index (χ2n) is 5.71. The van der Waals surface area contributed by atoms with Gasteiger partial charge >= 0.3 is 8.80 Å². The molecular formula is C14H34N2O3Si2. The van der Waals surface area contributed by atoms with Crippen LogP contribution in [0.3, 0.4) is 0 Å². The first-order valence-electron chi connectivity index (χ1n) is 7.64. The van der Waals surface area contributed by atoms with Crippen molar-refractivity contribution in [3.05, 3.63) is 0 Å². The molecule has 0 atom stereocenters. The first kappa shape index (κ1) is 21.2. The third kappa shape index (κ3) is 8.44. The summed E-state index contributed by atoms with van der Waals surface area (Å²) in [4.78, 5) is 4.60. The maximum Gasteiger partial charge on any atom is 0.500 e. The molecule has 2 radical (unpaired) electrons. The minimum absolute atomic E-state index is 0.570. The molecule has 0 aliphatic heterocycles. The van der Waals surface area contributed by atoms with E-state index in [0.717, 1.165) is 22.0 Å². The molecule has 0 fully saturated rings. The van der Waals surface area contributed by atoms with Gasteiger partial charge in [-0.05, 0) is 34.6 Å². The number of hydrogen-bond donors (Lipinski definition) is 0. The highest BCUT2D eigenvalue weighted by molar-refractivity contribution is 6.60. The van der Waals surface area contributed by atoms with E-state index in [1.165, 1.54) is 25.3 Å². The maximum atomic E-state index is 5.43. The summed E-state index contributed by atoms with van der Waals surface area (Å²) in [5, 5.41) is 0. The van der Waals surface area contributed by atoms with Gasteiger partial charge in [0.05, 0.1) is 9.52 Å². The summed E-state index contributed by atoms with van der Waals surface area (Å²) in [5.74, 6) is 0.570. The molecule has 21 heavy (non-hydrogen) atoms. The fourth-order valence-electron chi connectivity index (χ4n) is 2.43. The molecule has 0 aliphatic rings. The van der Waals surface area contributed by atoms with Crippen molar-refractivity contribution in [1.82, 2.24) is 9.80 Å². The molecule has 5 nitrogen and oxygen atoms in total. The molecule has 0 rings (SSSR count). The molecule has 0 aromatic carbocycles. The molecule has 0 aromatic rings. The average Bonchev–Trinajstić information content (AvgIpc) is 2.45. The zero-order chi connectivity index (χ0) is 16.3. The molecule has 0 amide bonds. The van der Waals surface area contributed by atoms with E-state index < -0.39 is 8.80 Å². The maximum absolute atomic E-state index is 5.43. The van der Waals surface area contributed by atoms with E-state index in [1.807, 2.05) is 0 Å². The van der Waals surface area contributed by atoms with Crippen LogP contribution in [0.25, 0.3) is 0 Å². The highest BCUT2D eigenvalue weighted by Gasteiger charge is 2.36. The van der Waals surface area contributed by atoms with Crippen LogP contribution in [-0.4, -0.2) is 83.4 Å². The highest BCUT2D eigenvalue weighted by atomic mass is 28.4. The van der Waals surface area contributed by atoms with Crippen LogP contribution in [-0.2, 0) is 13.3 Å². The van der Waals surface area contributed by atoms with Crippen LogP contribution in [0.4, 0.5) is 0 Å². The first-order valence-corrected chi connectivity index (χ1v) is 10.9. The van der Waals surface area contributed by atoms with Gasteiger partial charge in [0.1, 0.15) is 0 Å². The Kier molecular flexibility index (Phi) is 11.9. The van der Waals surface area contributed by atoms with E-state index in [1.54, 1.807) is 21.3 Å². The molecule has 0 saturated heterocycles. The molecule has 0 N–H and O–H groups in total. The van der Waals surface area contributed by atoms with Crippen LogP contribution in [0.2, 0.25) is 12.1 Å². The van der Waals surface area contributed by atoms with E-state index in [2.05, 4.69) is 38.0 Å². The van der Waals surface area contributed by atoms with Crippen LogP contribution in [0, 0.1) is 0 Å². The van der Waals surface area contributed by atoms with Crippen molar-refractivity contribution >= 4 is 18.3 Å². The fraction of sp³-hybridized carbons (Fsp3) is 1.00. The molecular weight excluding hydrogens is 300 g/mol. The highest BCUT2D eigenvalue weighted by Crippen LogP contribution is 2.18. The standard InChI is InChI=1S/C14H34N2O3Si2/c1-15(2)14(16(3)4)20-12-10-8-9-11-13-21(17-5,18-6)19-7/h14H,8-13H2,1-7H3. The third-order valence-electron chi connectivity index (χ3n) is 3.65. The van der Waals surface area contributed by atoms with Crippen molar-refractivity contribution in [3.63, 3.8) is 0 Å². The van der Waals surface area contributed by atoms with Gasteiger partial charge in [0, 0.05) is 33.2 Å². The van der Waals surface area contributed by atoms with Crippen molar-refractivity contribution in [2.75, 3.05) is 49.5 Å². The van der Waals surface area contributed by atoms with Crippen molar-refractivity contribution in [2.45, 2.75) is 43.6 Å². The Morgan fingerprint density at radius 1 is 0.810 bits per heavy atom. The van der Waals surface area contributed by atoms with Crippen LogP contribution in [0.5, 0.6) is 0 Å². The molecule has 0 saturated carbocycles. The lowest BCUT2D eigenvalue weighted by Gasteiger charge is -2.30. The summed E-state index contributed by atoms with van der Waals surface area (Å²) in [7, 11) is 12.3. The number of rotatable bonds is 13. The van der Waals surface area contributed by atoms with Gasteiger partial charge in [-0.25, -0.2) is 0 Å². The summed E-state index contributed by atoms with van der Waals surface area (Å²) in [6.45, 7) is 0. The van der Waals surface area contributed by atoms with E-state index >= 15 is 0 Å². The molecule has 7 heteroatoms. The molecule has 126 valence electrons. The molecule has 0 unspecified atom stereocenters. The Morgan fingerprint density at radius 2 is 1.29 bits per heavy atom. The number of unbranched alkanes of at least 4 members (excludes halogenated alkanes) is 3. The summed E-state index contributed by atoms with van der Waals surface area (Å²) in [6.07, 6.45) is 4.93. The Morgan fingerprint density at radius 3 is 1.71 bits per heavy atom. The van der Waals surface area contributed by atoms with Gasteiger partial charge in [-0.1, -0.05) is 25.3 Å². The van der Waals surface area contributed by atoms with E-state index in [4.69, 9.17) is 13.3 Å². The molecule has 0 bridgehead atoms. The lowest BCUT2D eigenvalue weighted by molar-refractivity contribution is 0.122. The Bertz CT molecular complexity index is 236. The normalized spacial score (nSPS) is 12.9. The van der Waals surface area contributed by atoms with Gasteiger partial charge in [-0.15, -0.1) is 0 Å². The van der Waals surface area contributed by atoms with E-state index in [0.29, 0.717) is 5.79 Å². The molecule has 0 heterocycles. The van der Waals surface area contributed by atoms with Gasteiger partial charge in [0.25, 0.3) is 0 Å². The van der Waals surface area contributed by atoms with E-state index in [-0.39, 0.29) is 0 Å². The monoisotopic (exact) mass is 334 g/mol. The van der Waals surface area contributed by atoms with Gasteiger partial charge in [0.2, 0.25) is 0 Å². The van der Waals surface area contributed by atoms with Crippen LogP contribution in [0.1, 0.15) is 25.7 Å². The SMILES string of the molecule is CO[Si](CCCCCC[Si]C(N(C)C)N(C)C)(OC)OC. The zero-order valence-electron chi connectivity index (χ0n) is 14.9. The summed E-state index contributed by atoms with van der Waals surface area (Å²) in [6, 6.07) is 2.22. The fourth-order valence-corrected chi connectivity index (χ4v) is 5.67. The van der Waals surface area contributed by atoms with Crippen LogP contribution < -0.4 is 0 Å². The molecule has 0 aliphatic carbocycles. The van der Waals surface area contributed by atoms with Crippen LogP contribution in [0.15, 0.2) is 0 Å². The average molecular weight is 335 g/mol. The van der Waals surface area contributed by atoms with Crippen LogP contribution >= 0.6 is 0 Å². The summed E-state index contributed by atoms with van der Waals surface area (Å²) in [5.41, 5.74) is 0. The van der Waals surface area contributed by atoms with Gasteiger partial charge in [-0.2, -0.15) is 0 Å². The lowest BCUT2D eigenvalue weighted by atomic mass is 10.2. The lowest BCUT2D eigenvalue weighted by Crippen LogP contribution is -2.44. The predicted molar refractivity (Wildman–Crippen MR) is 91.8 cm³/mol. The van der Waals surface area contributed by atoms with Crippen molar-refractivity contribution in [3.8, 4) is 0 Å². The van der Waals surface area contributed by atoms with Crippen molar-refractivity contribution in [1.29, 1.82) is 0 Å². The second-order valence-corrected chi connectivity index (χ2v) is 10.2. The van der Waals surface area contributed by atoms with Gasteiger partial charge in [0.15, 0.2) is 0 Å².